The highest BCUT2D eigenvalue weighted by Gasteiger charge is 2.13. The van der Waals surface area contributed by atoms with E-state index in [2.05, 4.69) is 20.6 Å². The van der Waals surface area contributed by atoms with Gasteiger partial charge in [0.1, 0.15) is 16.5 Å². The van der Waals surface area contributed by atoms with E-state index in [1.807, 2.05) is 30.3 Å². The van der Waals surface area contributed by atoms with Gasteiger partial charge in [-0.15, -0.1) is 16.4 Å². The van der Waals surface area contributed by atoms with Gasteiger partial charge in [-0.05, 0) is 30.3 Å². The third-order valence-corrected chi connectivity index (χ3v) is 6.16. The lowest BCUT2D eigenvalue weighted by Gasteiger charge is -2.05. The van der Waals surface area contributed by atoms with Crippen molar-refractivity contribution in [3.8, 4) is 33.5 Å². The minimum absolute atomic E-state index is 0.610. The molecule has 0 bridgehead atoms. The first-order chi connectivity index (χ1) is 14.2. The first kappa shape index (κ1) is 19.8. The van der Waals surface area contributed by atoms with Crippen LogP contribution in [0.5, 0.6) is 11.5 Å². The van der Waals surface area contributed by atoms with Crippen molar-refractivity contribution in [3.63, 3.8) is 0 Å². The summed E-state index contributed by atoms with van der Waals surface area (Å²) >= 11 is 9.23. The average Bonchev–Trinajstić information content (AvgIpc) is 3.42. The van der Waals surface area contributed by atoms with E-state index in [0.717, 1.165) is 27.6 Å². The second-order valence-electron chi connectivity index (χ2n) is 5.98. The molecule has 4 aromatic rings. The molecular weight excluding hydrogens is 428 g/mol. The van der Waals surface area contributed by atoms with Crippen LogP contribution in [0.2, 0.25) is 5.02 Å². The lowest BCUT2D eigenvalue weighted by atomic mass is 10.2. The molecule has 148 valence electrons. The molecule has 2 aromatic carbocycles. The highest BCUT2D eigenvalue weighted by molar-refractivity contribution is 7.98. The summed E-state index contributed by atoms with van der Waals surface area (Å²) in [7, 11) is 3.27. The van der Waals surface area contributed by atoms with Crippen molar-refractivity contribution >= 4 is 34.7 Å². The van der Waals surface area contributed by atoms with E-state index < -0.39 is 0 Å². The van der Waals surface area contributed by atoms with Gasteiger partial charge in [0.15, 0.2) is 5.82 Å². The Bertz CT molecular complexity index is 1130. The van der Waals surface area contributed by atoms with E-state index in [4.69, 9.17) is 26.1 Å². The van der Waals surface area contributed by atoms with Crippen molar-refractivity contribution in [2.45, 2.75) is 10.9 Å². The lowest BCUT2D eigenvalue weighted by Crippen LogP contribution is -1.89. The van der Waals surface area contributed by atoms with Crippen LogP contribution in [-0.4, -0.2) is 34.4 Å². The third kappa shape index (κ3) is 4.55. The highest BCUT2D eigenvalue weighted by Crippen LogP contribution is 2.32. The SMILES string of the molecule is COc1cccc(-c2nc(CSc3n[nH]c(-c4cc(Cl)ccc4OC)n3)cs2)c1. The molecule has 2 heterocycles. The number of halogens is 1. The number of benzene rings is 2. The van der Waals surface area contributed by atoms with E-state index in [1.165, 1.54) is 11.8 Å². The fourth-order valence-electron chi connectivity index (χ4n) is 2.70. The summed E-state index contributed by atoms with van der Waals surface area (Å²) in [5, 5.41) is 11.5. The van der Waals surface area contributed by atoms with Crippen LogP contribution in [0.25, 0.3) is 22.0 Å². The molecule has 0 atom stereocenters. The fourth-order valence-corrected chi connectivity index (χ4v) is 4.48. The Balaban J connectivity index is 1.46. The molecule has 0 fully saturated rings. The molecule has 0 aliphatic heterocycles. The normalized spacial score (nSPS) is 10.9. The average molecular weight is 445 g/mol. The number of aromatic nitrogens is 4. The van der Waals surface area contributed by atoms with Gasteiger partial charge in [0, 0.05) is 21.7 Å². The number of nitrogens with zero attached hydrogens (tertiary/aromatic N) is 3. The minimum Gasteiger partial charge on any atom is -0.497 e. The van der Waals surface area contributed by atoms with Gasteiger partial charge >= 0.3 is 0 Å². The zero-order chi connectivity index (χ0) is 20.2. The van der Waals surface area contributed by atoms with Gasteiger partial charge in [0.05, 0.1) is 25.5 Å². The molecule has 0 saturated heterocycles. The van der Waals surface area contributed by atoms with Gasteiger partial charge in [-0.1, -0.05) is 35.5 Å². The van der Waals surface area contributed by atoms with E-state index in [0.29, 0.717) is 27.5 Å². The minimum atomic E-state index is 0.610. The smallest absolute Gasteiger partial charge is 0.209 e. The molecule has 6 nitrogen and oxygen atoms in total. The van der Waals surface area contributed by atoms with Crippen LogP contribution >= 0.6 is 34.7 Å². The monoisotopic (exact) mass is 444 g/mol. The molecule has 0 radical (unpaired) electrons. The highest BCUT2D eigenvalue weighted by atomic mass is 35.5. The summed E-state index contributed by atoms with van der Waals surface area (Å²) < 4.78 is 10.7. The Morgan fingerprint density at radius 2 is 2.00 bits per heavy atom. The van der Waals surface area contributed by atoms with Gasteiger partial charge in [-0.25, -0.2) is 9.97 Å². The number of thiazole rings is 1. The molecule has 0 amide bonds. The molecule has 29 heavy (non-hydrogen) atoms. The Hall–Kier alpha value is -2.55. The predicted molar refractivity (Wildman–Crippen MR) is 117 cm³/mol. The molecular formula is C20H17ClN4O2S2. The number of thioether (sulfide) groups is 1. The Kier molecular flexibility index (Phi) is 6.03. The molecule has 0 aliphatic rings. The Morgan fingerprint density at radius 3 is 2.83 bits per heavy atom. The number of hydrogen-bond acceptors (Lipinski definition) is 7. The molecule has 0 unspecified atom stereocenters. The Labute approximate surface area is 181 Å². The number of rotatable bonds is 7. The van der Waals surface area contributed by atoms with Gasteiger partial charge in [-0.2, -0.15) is 0 Å². The topological polar surface area (TPSA) is 72.9 Å². The van der Waals surface area contributed by atoms with Crippen molar-refractivity contribution in [3.05, 3.63) is 58.6 Å². The van der Waals surface area contributed by atoms with Crippen molar-refractivity contribution in [1.29, 1.82) is 0 Å². The number of H-pyrrole nitrogens is 1. The molecule has 9 heteroatoms. The van der Waals surface area contributed by atoms with Crippen LogP contribution in [0.1, 0.15) is 5.69 Å². The second-order valence-corrected chi connectivity index (χ2v) is 8.21. The first-order valence-corrected chi connectivity index (χ1v) is 10.9. The van der Waals surface area contributed by atoms with Crippen LogP contribution in [0.4, 0.5) is 0 Å². The Morgan fingerprint density at radius 1 is 1.10 bits per heavy atom. The van der Waals surface area contributed by atoms with Gasteiger partial charge < -0.3 is 9.47 Å². The number of hydrogen-bond donors (Lipinski definition) is 1. The van der Waals surface area contributed by atoms with E-state index >= 15 is 0 Å². The summed E-state index contributed by atoms with van der Waals surface area (Å²) in [4.78, 5) is 9.26. The van der Waals surface area contributed by atoms with Crippen LogP contribution in [0.15, 0.2) is 53.0 Å². The summed E-state index contributed by atoms with van der Waals surface area (Å²) in [5.41, 5.74) is 2.79. The predicted octanol–water partition coefficient (Wildman–Crippen LogP) is 5.56. The summed E-state index contributed by atoms with van der Waals surface area (Å²) in [6, 6.07) is 13.3. The van der Waals surface area contributed by atoms with Crippen LogP contribution in [0, 0.1) is 0 Å². The van der Waals surface area contributed by atoms with E-state index in [1.54, 1.807) is 37.7 Å². The van der Waals surface area contributed by atoms with Crippen molar-refractivity contribution < 1.29 is 9.47 Å². The molecule has 4 rings (SSSR count). The maximum absolute atomic E-state index is 6.11. The number of ether oxygens (including phenoxy) is 2. The molecule has 0 spiro atoms. The molecule has 0 saturated carbocycles. The van der Waals surface area contributed by atoms with Crippen LogP contribution in [0.3, 0.4) is 0 Å². The standard InChI is InChI=1S/C20H17ClN4O2S2/c1-26-15-5-3-4-12(8-15)19-22-14(10-28-19)11-29-20-23-18(24-25-20)16-9-13(21)6-7-17(16)27-2/h3-10H,11H2,1-2H3,(H,23,24,25). The second kappa shape index (κ2) is 8.86. The maximum atomic E-state index is 6.11. The summed E-state index contributed by atoms with van der Waals surface area (Å²) in [5.74, 6) is 2.79. The first-order valence-electron chi connectivity index (χ1n) is 8.64. The van der Waals surface area contributed by atoms with E-state index in [-0.39, 0.29) is 0 Å². The van der Waals surface area contributed by atoms with Crippen molar-refractivity contribution in [1.82, 2.24) is 20.2 Å². The molecule has 0 aliphatic carbocycles. The van der Waals surface area contributed by atoms with Crippen molar-refractivity contribution in [2.24, 2.45) is 0 Å². The lowest BCUT2D eigenvalue weighted by molar-refractivity contribution is 0.415. The quantitative estimate of drug-likeness (QED) is 0.376. The zero-order valence-corrected chi connectivity index (χ0v) is 18.1. The van der Waals surface area contributed by atoms with Gasteiger partial charge in [-0.3, -0.25) is 5.10 Å². The maximum Gasteiger partial charge on any atom is 0.209 e. The number of aromatic amines is 1. The van der Waals surface area contributed by atoms with Crippen LogP contribution < -0.4 is 9.47 Å². The van der Waals surface area contributed by atoms with Gasteiger partial charge in [0.2, 0.25) is 5.16 Å². The van der Waals surface area contributed by atoms with Crippen LogP contribution in [-0.2, 0) is 5.75 Å². The number of nitrogens with one attached hydrogen (secondary N) is 1. The third-order valence-electron chi connectivity index (χ3n) is 4.10. The molecule has 1 N–H and O–H groups in total. The largest absolute Gasteiger partial charge is 0.497 e. The van der Waals surface area contributed by atoms with Gasteiger partial charge in [0.25, 0.3) is 0 Å². The summed E-state index contributed by atoms with van der Waals surface area (Å²) in [6.45, 7) is 0. The van der Waals surface area contributed by atoms with E-state index in [9.17, 15) is 0 Å². The summed E-state index contributed by atoms with van der Waals surface area (Å²) in [6.07, 6.45) is 0. The number of methoxy groups -OCH3 is 2. The van der Waals surface area contributed by atoms with Crippen molar-refractivity contribution in [2.75, 3.05) is 14.2 Å². The zero-order valence-electron chi connectivity index (χ0n) is 15.7. The fraction of sp³-hybridized carbons (Fsp3) is 0.150. The molecule has 2 aromatic heterocycles.